The second-order valence-corrected chi connectivity index (χ2v) is 3.39. The Hall–Kier alpha value is -0.990. The van der Waals surface area contributed by atoms with Crippen molar-refractivity contribution in [2.45, 2.75) is 13.0 Å². The number of fused-ring (bicyclic) bond motifs is 1. The quantitative estimate of drug-likeness (QED) is 0.760. The first kappa shape index (κ1) is 8.60. The fourth-order valence-electron chi connectivity index (χ4n) is 1.37. The summed E-state index contributed by atoms with van der Waals surface area (Å²) in [5, 5.41) is 10.8. The average Bonchev–Trinajstić information content (AvgIpc) is 2.48. The molecule has 1 aromatic carbocycles. The van der Waals surface area contributed by atoms with Crippen molar-refractivity contribution in [3.63, 3.8) is 0 Å². The highest BCUT2D eigenvalue weighted by Crippen LogP contribution is 2.30. The number of benzene rings is 1. The van der Waals surface area contributed by atoms with E-state index in [0.29, 0.717) is 10.6 Å². The van der Waals surface area contributed by atoms with Crippen LogP contribution in [0.4, 0.5) is 0 Å². The van der Waals surface area contributed by atoms with Crippen LogP contribution in [0.25, 0.3) is 11.0 Å². The van der Waals surface area contributed by atoms with Crippen LogP contribution in [0.2, 0.25) is 5.02 Å². The van der Waals surface area contributed by atoms with Crippen molar-refractivity contribution in [2.24, 2.45) is 0 Å². The normalized spacial score (nSPS) is 13.5. The summed E-state index contributed by atoms with van der Waals surface area (Å²) in [6.45, 7) is 1.70. The third-order valence-corrected chi connectivity index (χ3v) is 2.33. The minimum absolute atomic E-state index is 0.528. The van der Waals surface area contributed by atoms with Gasteiger partial charge in [-0.25, -0.2) is 0 Å². The largest absolute Gasteiger partial charge is 0.462 e. The van der Waals surface area contributed by atoms with Crippen molar-refractivity contribution >= 4 is 22.6 Å². The van der Waals surface area contributed by atoms with E-state index in [1.165, 1.54) is 0 Å². The Morgan fingerprint density at radius 2 is 2.23 bits per heavy atom. The summed E-state index contributed by atoms with van der Waals surface area (Å²) in [5.74, 6) is 0. The first-order valence-corrected chi connectivity index (χ1v) is 4.41. The molecule has 1 unspecified atom stereocenters. The summed E-state index contributed by atoms with van der Waals surface area (Å²) in [7, 11) is 0. The van der Waals surface area contributed by atoms with Crippen LogP contribution in [0.1, 0.15) is 18.6 Å². The van der Waals surface area contributed by atoms with Gasteiger partial charge in [0.2, 0.25) is 0 Å². The third kappa shape index (κ3) is 1.32. The lowest BCUT2D eigenvalue weighted by Gasteiger charge is -1.99. The zero-order chi connectivity index (χ0) is 9.42. The summed E-state index contributed by atoms with van der Waals surface area (Å²) in [4.78, 5) is 0. The highest BCUT2D eigenvalue weighted by atomic mass is 35.5. The summed E-state index contributed by atoms with van der Waals surface area (Å²) in [5.41, 5.74) is 1.41. The van der Waals surface area contributed by atoms with E-state index in [2.05, 4.69) is 0 Å². The molecule has 1 heterocycles. The molecule has 68 valence electrons. The van der Waals surface area contributed by atoms with Gasteiger partial charge in [-0.3, -0.25) is 0 Å². The Balaban J connectivity index is 2.75. The zero-order valence-electron chi connectivity index (χ0n) is 7.12. The van der Waals surface area contributed by atoms with Crippen LogP contribution in [0, 0.1) is 0 Å². The number of rotatable bonds is 1. The molecular formula is C10H9ClO2. The van der Waals surface area contributed by atoms with E-state index in [-0.39, 0.29) is 0 Å². The fraction of sp³-hybridized carbons (Fsp3) is 0.200. The average molecular weight is 197 g/mol. The topological polar surface area (TPSA) is 33.4 Å². The minimum Gasteiger partial charge on any atom is -0.462 e. The maximum atomic E-state index is 9.40. The van der Waals surface area contributed by atoms with Gasteiger partial charge < -0.3 is 9.52 Å². The van der Waals surface area contributed by atoms with Gasteiger partial charge in [0.05, 0.1) is 17.4 Å². The molecule has 0 saturated carbocycles. The predicted molar refractivity (Wildman–Crippen MR) is 51.9 cm³/mol. The molecule has 13 heavy (non-hydrogen) atoms. The number of hydrogen-bond donors (Lipinski definition) is 1. The van der Waals surface area contributed by atoms with Crippen molar-refractivity contribution in [3.8, 4) is 0 Å². The van der Waals surface area contributed by atoms with E-state index in [1.54, 1.807) is 19.3 Å². The summed E-state index contributed by atoms with van der Waals surface area (Å²) >= 11 is 5.90. The molecule has 0 bridgehead atoms. The van der Waals surface area contributed by atoms with E-state index in [1.807, 2.05) is 12.1 Å². The van der Waals surface area contributed by atoms with E-state index < -0.39 is 6.10 Å². The Morgan fingerprint density at radius 1 is 1.46 bits per heavy atom. The number of aliphatic hydroxyl groups is 1. The Labute approximate surface area is 80.7 Å². The molecule has 0 radical (unpaired) electrons. The maximum absolute atomic E-state index is 9.40. The molecule has 1 N–H and O–H groups in total. The maximum Gasteiger partial charge on any atom is 0.152 e. The number of halogens is 1. The van der Waals surface area contributed by atoms with Gasteiger partial charge in [-0.05, 0) is 13.0 Å². The molecule has 0 saturated heterocycles. The number of furan rings is 1. The van der Waals surface area contributed by atoms with Gasteiger partial charge in [0.15, 0.2) is 5.58 Å². The van der Waals surface area contributed by atoms with Gasteiger partial charge in [-0.1, -0.05) is 23.7 Å². The SMILES string of the molecule is CC(O)c1coc2c(Cl)cccc12. The van der Waals surface area contributed by atoms with Gasteiger partial charge >= 0.3 is 0 Å². The fourth-order valence-corrected chi connectivity index (χ4v) is 1.58. The predicted octanol–water partition coefficient (Wildman–Crippen LogP) is 3.14. The van der Waals surface area contributed by atoms with Crippen molar-refractivity contribution in [1.82, 2.24) is 0 Å². The highest BCUT2D eigenvalue weighted by molar-refractivity contribution is 6.34. The molecule has 1 aromatic heterocycles. The lowest BCUT2D eigenvalue weighted by Crippen LogP contribution is -1.87. The Kier molecular flexibility index (Phi) is 2.02. The van der Waals surface area contributed by atoms with Crippen LogP contribution in [0.5, 0.6) is 0 Å². The van der Waals surface area contributed by atoms with Crippen LogP contribution in [-0.4, -0.2) is 5.11 Å². The van der Waals surface area contributed by atoms with Gasteiger partial charge in [0.1, 0.15) is 0 Å². The van der Waals surface area contributed by atoms with E-state index in [9.17, 15) is 5.11 Å². The monoisotopic (exact) mass is 196 g/mol. The molecule has 0 amide bonds. The molecule has 2 nitrogen and oxygen atoms in total. The Bertz CT molecular complexity index is 431. The number of para-hydroxylation sites is 1. The van der Waals surface area contributed by atoms with Crippen LogP contribution in [0.3, 0.4) is 0 Å². The van der Waals surface area contributed by atoms with Crippen LogP contribution >= 0.6 is 11.6 Å². The number of hydrogen-bond acceptors (Lipinski definition) is 2. The molecule has 0 aliphatic carbocycles. The van der Waals surface area contributed by atoms with Crippen molar-refractivity contribution < 1.29 is 9.52 Å². The molecule has 1 atom stereocenters. The van der Waals surface area contributed by atoms with E-state index in [4.69, 9.17) is 16.0 Å². The standard InChI is InChI=1S/C10H9ClO2/c1-6(12)8-5-13-10-7(8)3-2-4-9(10)11/h2-6,12H,1H3. The zero-order valence-corrected chi connectivity index (χ0v) is 7.88. The lowest BCUT2D eigenvalue weighted by molar-refractivity contribution is 0.199. The number of aliphatic hydroxyl groups excluding tert-OH is 1. The minimum atomic E-state index is -0.528. The first-order chi connectivity index (χ1) is 6.20. The van der Waals surface area contributed by atoms with Crippen molar-refractivity contribution in [2.75, 3.05) is 0 Å². The van der Waals surface area contributed by atoms with Crippen LogP contribution in [-0.2, 0) is 0 Å². The molecule has 3 heteroatoms. The second-order valence-electron chi connectivity index (χ2n) is 2.98. The molecule has 2 rings (SSSR count). The smallest absolute Gasteiger partial charge is 0.152 e. The van der Waals surface area contributed by atoms with Crippen molar-refractivity contribution in [1.29, 1.82) is 0 Å². The molecule has 0 spiro atoms. The summed E-state index contributed by atoms with van der Waals surface area (Å²) in [6.07, 6.45) is 1.01. The van der Waals surface area contributed by atoms with Crippen molar-refractivity contribution in [3.05, 3.63) is 35.0 Å². The van der Waals surface area contributed by atoms with Gasteiger partial charge in [0, 0.05) is 10.9 Å². The van der Waals surface area contributed by atoms with Gasteiger partial charge in [0.25, 0.3) is 0 Å². The summed E-state index contributed by atoms with van der Waals surface area (Å²) in [6, 6.07) is 5.48. The van der Waals surface area contributed by atoms with Gasteiger partial charge in [-0.15, -0.1) is 0 Å². The highest BCUT2D eigenvalue weighted by Gasteiger charge is 2.11. The second kappa shape index (κ2) is 3.05. The van der Waals surface area contributed by atoms with Crippen LogP contribution in [0.15, 0.2) is 28.9 Å². The molecule has 2 aromatic rings. The molecular weight excluding hydrogens is 188 g/mol. The van der Waals surface area contributed by atoms with E-state index >= 15 is 0 Å². The third-order valence-electron chi connectivity index (χ3n) is 2.03. The van der Waals surface area contributed by atoms with E-state index in [0.717, 1.165) is 10.9 Å². The first-order valence-electron chi connectivity index (χ1n) is 4.04. The lowest BCUT2D eigenvalue weighted by atomic mass is 10.1. The summed E-state index contributed by atoms with van der Waals surface area (Å²) < 4.78 is 5.25. The molecule has 0 aliphatic heterocycles. The molecule has 0 fully saturated rings. The van der Waals surface area contributed by atoms with Crippen LogP contribution < -0.4 is 0 Å². The Morgan fingerprint density at radius 3 is 2.92 bits per heavy atom. The molecule has 0 aliphatic rings. The van der Waals surface area contributed by atoms with Gasteiger partial charge in [-0.2, -0.15) is 0 Å².